The fraction of sp³-hybridized carbons (Fsp3) is 0.500. The Kier molecular flexibility index (Phi) is 3.59. The van der Waals surface area contributed by atoms with Crippen LogP contribution in [0.4, 0.5) is 5.82 Å². The van der Waals surface area contributed by atoms with Crippen molar-refractivity contribution in [2.45, 2.75) is 18.9 Å². The summed E-state index contributed by atoms with van der Waals surface area (Å²) >= 11 is 5.79. The predicted molar refractivity (Wildman–Crippen MR) is 63.8 cm³/mol. The molecule has 3 nitrogen and oxygen atoms in total. The Morgan fingerprint density at radius 2 is 2.13 bits per heavy atom. The molecule has 1 N–H and O–H groups in total. The van der Waals surface area contributed by atoms with E-state index >= 15 is 0 Å². The second-order valence-corrected chi connectivity index (χ2v) is 5.70. The van der Waals surface area contributed by atoms with Gasteiger partial charge < -0.3 is 5.32 Å². The van der Waals surface area contributed by atoms with Crippen molar-refractivity contribution in [2.24, 2.45) is 0 Å². The Morgan fingerprint density at radius 1 is 1.40 bits per heavy atom. The van der Waals surface area contributed by atoms with E-state index in [4.69, 9.17) is 11.6 Å². The molecule has 1 fully saturated rings. The molecular weight excluding hydrogens is 232 g/mol. The third kappa shape index (κ3) is 3.18. The van der Waals surface area contributed by atoms with Crippen LogP contribution in [0.5, 0.6) is 0 Å². The molecule has 5 heteroatoms. The summed E-state index contributed by atoms with van der Waals surface area (Å²) in [6.07, 6.45) is 1.89. The smallest absolute Gasteiger partial charge is 0.131 e. The van der Waals surface area contributed by atoms with Crippen molar-refractivity contribution in [1.29, 1.82) is 0 Å². The van der Waals surface area contributed by atoms with Crippen molar-refractivity contribution in [2.75, 3.05) is 16.8 Å². The topological polar surface area (TPSA) is 42.0 Å². The first-order valence-electron chi connectivity index (χ1n) is 4.98. The van der Waals surface area contributed by atoms with Gasteiger partial charge in [-0.25, -0.2) is 4.98 Å². The fourth-order valence-corrected chi connectivity index (χ4v) is 3.10. The van der Waals surface area contributed by atoms with Crippen LogP contribution in [-0.4, -0.2) is 26.7 Å². The van der Waals surface area contributed by atoms with Crippen LogP contribution in [0.3, 0.4) is 0 Å². The molecule has 82 valence electrons. The van der Waals surface area contributed by atoms with E-state index < -0.39 is 10.8 Å². The molecule has 0 aliphatic carbocycles. The highest BCUT2D eigenvalue weighted by Gasteiger charge is 2.17. The van der Waals surface area contributed by atoms with E-state index in [0.29, 0.717) is 11.2 Å². The van der Waals surface area contributed by atoms with E-state index in [2.05, 4.69) is 10.3 Å². The van der Waals surface area contributed by atoms with E-state index in [-0.39, 0.29) is 0 Å². The highest BCUT2D eigenvalue weighted by atomic mass is 35.5. The van der Waals surface area contributed by atoms with Crippen LogP contribution in [0.2, 0.25) is 5.15 Å². The molecule has 15 heavy (non-hydrogen) atoms. The van der Waals surface area contributed by atoms with Crippen LogP contribution in [0, 0.1) is 0 Å². The van der Waals surface area contributed by atoms with Crippen molar-refractivity contribution in [3.05, 3.63) is 23.4 Å². The van der Waals surface area contributed by atoms with Crippen LogP contribution < -0.4 is 5.32 Å². The average Bonchev–Trinajstić information content (AvgIpc) is 2.22. The van der Waals surface area contributed by atoms with Crippen LogP contribution in [0.15, 0.2) is 18.2 Å². The average molecular weight is 245 g/mol. The minimum Gasteiger partial charge on any atom is -0.367 e. The maximum atomic E-state index is 11.2. The first-order valence-corrected chi connectivity index (χ1v) is 6.85. The Labute approximate surface area is 96.7 Å². The van der Waals surface area contributed by atoms with Crippen molar-refractivity contribution < 1.29 is 4.21 Å². The molecule has 0 bridgehead atoms. The molecule has 1 saturated heterocycles. The van der Waals surface area contributed by atoms with Gasteiger partial charge in [0, 0.05) is 28.3 Å². The Morgan fingerprint density at radius 3 is 2.80 bits per heavy atom. The van der Waals surface area contributed by atoms with Gasteiger partial charge in [-0.2, -0.15) is 0 Å². The first kappa shape index (κ1) is 10.9. The van der Waals surface area contributed by atoms with Crippen LogP contribution in [0.1, 0.15) is 12.8 Å². The number of nitrogens with zero attached hydrogens (tertiary/aromatic N) is 1. The molecule has 1 aromatic heterocycles. The van der Waals surface area contributed by atoms with Crippen LogP contribution >= 0.6 is 11.6 Å². The fourth-order valence-electron chi connectivity index (χ4n) is 1.64. The van der Waals surface area contributed by atoms with Crippen LogP contribution in [0.25, 0.3) is 0 Å². The number of halogens is 1. The minimum atomic E-state index is -0.610. The molecule has 0 spiro atoms. The molecule has 0 aromatic carbocycles. The molecular formula is C10H13ClN2OS. The zero-order valence-corrected chi connectivity index (χ0v) is 9.85. The van der Waals surface area contributed by atoms with Gasteiger partial charge in [0.15, 0.2) is 0 Å². The largest absolute Gasteiger partial charge is 0.367 e. The first-order chi connectivity index (χ1) is 7.24. The van der Waals surface area contributed by atoms with Crippen molar-refractivity contribution in [1.82, 2.24) is 4.98 Å². The SMILES string of the molecule is O=S1CCC(Nc2cccc(Cl)n2)CC1. The van der Waals surface area contributed by atoms with Gasteiger partial charge in [-0.3, -0.25) is 4.21 Å². The molecule has 2 rings (SSSR count). The molecule has 0 radical (unpaired) electrons. The number of hydrogen-bond donors (Lipinski definition) is 1. The molecule has 1 aromatic rings. The lowest BCUT2D eigenvalue weighted by Crippen LogP contribution is -2.29. The van der Waals surface area contributed by atoms with Gasteiger partial charge in [0.25, 0.3) is 0 Å². The third-order valence-corrected chi connectivity index (χ3v) is 4.05. The number of pyridine rings is 1. The summed E-state index contributed by atoms with van der Waals surface area (Å²) in [6, 6.07) is 5.91. The lowest BCUT2D eigenvalue weighted by atomic mass is 10.1. The molecule has 0 saturated carbocycles. The summed E-state index contributed by atoms with van der Waals surface area (Å²) < 4.78 is 11.2. The van der Waals surface area contributed by atoms with E-state index in [1.807, 2.05) is 12.1 Å². The standard InChI is InChI=1S/C10H13ClN2OS/c11-9-2-1-3-10(13-9)12-8-4-6-15(14)7-5-8/h1-3,8H,4-7H2,(H,12,13). The molecule has 0 atom stereocenters. The van der Waals surface area contributed by atoms with E-state index in [9.17, 15) is 4.21 Å². The zero-order valence-electron chi connectivity index (χ0n) is 8.28. The van der Waals surface area contributed by atoms with E-state index in [1.54, 1.807) is 6.07 Å². The van der Waals surface area contributed by atoms with Gasteiger partial charge in [0.1, 0.15) is 11.0 Å². The van der Waals surface area contributed by atoms with Gasteiger partial charge in [-0.05, 0) is 25.0 Å². The summed E-state index contributed by atoms with van der Waals surface area (Å²) in [5.41, 5.74) is 0. The Balaban J connectivity index is 1.94. The Bertz CT molecular complexity index is 362. The minimum absolute atomic E-state index is 0.383. The lowest BCUT2D eigenvalue weighted by molar-refractivity contribution is 0.622. The van der Waals surface area contributed by atoms with Gasteiger partial charge in [0.2, 0.25) is 0 Å². The van der Waals surface area contributed by atoms with E-state index in [0.717, 1.165) is 30.2 Å². The number of anilines is 1. The predicted octanol–water partition coefficient (Wildman–Crippen LogP) is 2.06. The zero-order chi connectivity index (χ0) is 10.7. The van der Waals surface area contributed by atoms with Crippen LogP contribution in [-0.2, 0) is 10.8 Å². The third-order valence-electron chi connectivity index (χ3n) is 2.46. The highest BCUT2D eigenvalue weighted by molar-refractivity contribution is 7.85. The van der Waals surface area contributed by atoms with Gasteiger partial charge in [0.05, 0.1) is 0 Å². The van der Waals surface area contributed by atoms with Crippen molar-refractivity contribution in [3.8, 4) is 0 Å². The monoisotopic (exact) mass is 244 g/mol. The summed E-state index contributed by atoms with van der Waals surface area (Å²) in [5, 5.41) is 3.81. The summed E-state index contributed by atoms with van der Waals surface area (Å²) in [6.45, 7) is 0. The molecule has 2 heterocycles. The molecule has 1 aliphatic heterocycles. The summed E-state index contributed by atoms with van der Waals surface area (Å²) in [4.78, 5) is 4.16. The molecule has 0 amide bonds. The normalized spacial score (nSPS) is 26.2. The second-order valence-electron chi connectivity index (χ2n) is 3.61. The molecule has 1 aliphatic rings. The second kappa shape index (κ2) is 4.94. The number of rotatable bonds is 2. The number of nitrogens with one attached hydrogen (secondary N) is 1. The summed E-state index contributed by atoms with van der Waals surface area (Å²) in [7, 11) is -0.610. The quantitative estimate of drug-likeness (QED) is 0.810. The van der Waals surface area contributed by atoms with Crippen molar-refractivity contribution >= 4 is 28.2 Å². The van der Waals surface area contributed by atoms with Gasteiger partial charge >= 0.3 is 0 Å². The maximum Gasteiger partial charge on any atom is 0.131 e. The van der Waals surface area contributed by atoms with Crippen molar-refractivity contribution in [3.63, 3.8) is 0 Å². The lowest BCUT2D eigenvalue weighted by Gasteiger charge is -2.22. The number of aromatic nitrogens is 1. The Hall–Kier alpha value is -0.610. The number of hydrogen-bond acceptors (Lipinski definition) is 3. The van der Waals surface area contributed by atoms with E-state index in [1.165, 1.54) is 0 Å². The summed E-state index contributed by atoms with van der Waals surface area (Å²) in [5.74, 6) is 2.39. The van der Waals surface area contributed by atoms with Gasteiger partial charge in [-0.15, -0.1) is 0 Å². The van der Waals surface area contributed by atoms with Gasteiger partial charge in [-0.1, -0.05) is 17.7 Å². The highest BCUT2D eigenvalue weighted by Crippen LogP contribution is 2.16. The molecule has 0 unspecified atom stereocenters. The maximum absolute atomic E-state index is 11.2.